The van der Waals surface area contributed by atoms with E-state index < -0.39 is 23.7 Å². The molecule has 0 radical (unpaired) electrons. The fraction of sp³-hybridized carbons (Fsp3) is 0.250. The third-order valence-electron chi connectivity index (χ3n) is 3.98. The van der Waals surface area contributed by atoms with Crippen molar-refractivity contribution in [1.82, 2.24) is 5.32 Å². The number of hydrogen-bond acceptors (Lipinski definition) is 4. The van der Waals surface area contributed by atoms with Crippen LogP contribution in [0.15, 0.2) is 36.4 Å². The first-order valence-corrected chi connectivity index (χ1v) is 8.54. The summed E-state index contributed by atoms with van der Waals surface area (Å²) in [4.78, 5) is 35.8. The van der Waals surface area contributed by atoms with Crippen molar-refractivity contribution in [3.8, 4) is 5.75 Å². The van der Waals surface area contributed by atoms with Gasteiger partial charge < -0.3 is 20.7 Å². The zero-order chi connectivity index (χ0) is 20.8. The predicted molar refractivity (Wildman–Crippen MR) is 104 cm³/mol. The molecule has 7 nitrogen and oxygen atoms in total. The van der Waals surface area contributed by atoms with Gasteiger partial charge in [0.05, 0.1) is 7.11 Å². The molecule has 1 unspecified atom stereocenters. The van der Waals surface area contributed by atoms with Crippen molar-refractivity contribution in [2.75, 3.05) is 17.7 Å². The molecule has 2 rings (SSSR count). The Morgan fingerprint density at radius 1 is 1.07 bits per heavy atom. The number of hydrogen-bond donors (Lipinski definition) is 3. The first kappa shape index (κ1) is 20.9. The number of rotatable bonds is 6. The maximum Gasteiger partial charge on any atom is 0.255 e. The van der Waals surface area contributed by atoms with Crippen molar-refractivity contribution < 1.29 is 23.5 Å². The third kappa shape index (κ3) is 5.29. The van der Waals surface area contributed by atoms with Crippen LogP contribution in [0.5, 0.6) is 5.75 Å². The third-order valence-corrected chi connectivity index (χ3v) is 3.98. The summed E-state index contributed by atoms with van der Waals surface area (Å²) in [7, 11) is 1.33. The molecule has 3 amide bonds. The van der Waals surface area contributed by atoms with Crippen molar-refractivity contribution >= 4 is 29.1 Å². The normalized spacial score (nSPS) is 11.3. The van der Waals surface area contributed by atoms with E-state index in [9.17, 15) is 18.8 Å². The van der Waals surface area contributed by atoms with Gasteiger partial charge in [0, 0.05) is 29.9 Å². The summed E-state index contributed by atoms with van der Waals surface area (Å²) in [5.74, 6) is -1.67. The first-order chi connectivity index (χ1) is 13.2. The zero-order valence-corrected chi connectivity index (χ0v) is 16.1. The van der Waals surface area contributed by atoms with Crippen molar-refractivity contribution in [2.45, 2.75) is 26.8 Å². The largest absolute Gasteiger partial charge is 0.494 e. The van der Waals surface area contributed by atoms with Gasteiger partial charge in [0.15, 0.2) is 11.6 Å². The van der Waals surface area contributed by atoms with Gasteiger partial charge in [0.25, 0.3) is 5.91 Å². The van der Waals surface area contributed by atoms with E-state index in [0.29, 0.717) is 16.9 Å². The lowest BCUT2D eigenvalue weighted by Gasteiger charge is -2.15. The predicted octanol–water partition coefficient (Wildman–Crippen LogP) is 2.86. The summed E-state index contributed by atoms with van der Waals surface area (Å²) in [6.07, 6.45) is 0. The van der Waals surface area contributed by atoms with Crippen molar-refractivity contribution in [3.05, 3.63) is 53.3 Å². The molecule has 0 aliphatic carbocycles. The van der Waals surface area contributed by atoms with Crippen LogP contribution in [0.2, 0.25) is 0 Å². The SMILES string of the molecule is COc1cc(NC(=O)c2ccc(C)c(NC(=O)C(C)NC(C)=O)c2)ccc1F. The second-order valence-electron chi connectivity index (χ2n) is 6.24. The van der Waals surface area contributed by atoms with Gasteiger partial charge in [-0.15, -0.1) is 0 Å². The van der Waals surface area contributed by atoms with Gasteiger partial charge in [-0.05, 0) is 43.7 Å². The summed E-state index contributed by atoms with van der Waals surface area (Å²) in [6.45, 7) is 4.67. The number of carbonyl (C=O) groups excluding carboxylic acids is 3. The maximum absolute atomic E-state index is 13.5. The number of benzene rings is 2. The maximum atomic E-state index is 13.5. The second kappa shape index (κ2) is 8.98. The number of methoxy groups -OCH3 is 1. The Morgan fingerprint density at radius 2 is 1.79 bits per heavy atom. The van der Waals surface area contributed by atoms with E-state index in [1.54, 1.807) is 26.0 Å². The highest BCUT2D eigenvalue weighted by Gasteiger charge is 2.16. The Kier molecular flexibility index (Phi) is 6.70. The van der Waals surface area contributed by atoms with Crippen LogP contribution in [0.25, 0.3) is 0 Å². The second-order valence-corrected chi connectivity index (χ2v) is 6.24. The molecule has 0 aliphatic heterocycles. The van der Waals surface area contributed by atoms with E-state index in [2.05, 4.69) is 16.0 Å². The molecule has 28 heavy (non-hydrogen) atoms. The molecule has 0 aliphatic rings. The number of anilines is 2. The summed E-state index contributed by atoms with van der Waals surface area (Å²) >= 11 is 0. The van der Waals surface area contributed by atoms with Crippen molar-refractivity contribution in [2.24, 2.45) is 0 Å². The Balaban J connectivity index is 2.16. The quantitative estimate of drug-likeness (QED) is 0.710. The van der Waals surface area contributed by atoms with Gasteiger partial charge in [0.2, 0.25) is 11.8 Å². The lowest BCUT2D eigenvalue weighted by molar-refractivity contribution is -0.124. The Morgan fingerprint density at radius 3 is 2.43 bits per heavy atom. The zero-order valence-electron chi connectivity index (χ0n) is 16.1. The highest BCUT2D eigenvalue weighted by Crippen LogP contribution is 2.23. The number of carbonyl (C=O) groups is 3. The highest BCUT2D eigenvalue weighted by molar-refractivity contribution is 6.06. The standard InChI is InChI=1S/C20H22FN3O4/c1-11-5-6-14(9-17(11)24-19(26)12(2)22-13(3)25)20(27)23-15-7-8-16(21)18(10-15)28-4/h5-10,12H,1-4H3,(H,22,25)(H,23,27)(H,24,26). The molecule has 0 heterocycles. The van der Waals surface area contributed by atoms with Gasteiger partial charge in [-0.2, -0.15) is 0 Å². The average Bonchev–Trinajstić information content (AvgIpc) is 2.64. The summed E-state index contributed by atoms with van der Waals surface area (Å²) in [6, 6.07) is 8.10. The van der Waals surface area contributed by atoms with Crippen LogP contribution in [0, 0.1) is 12.7 Å². The van der Waals surface area contributed by atoms with Crippen LogP contribution >= 0.6 is 0 Å². The van der Waals surface area contributed by atoms with Crippen LogP contribution in [0.1, 0.15) is 29.8 Å². The minimum atomic E-state index is -0.721. The number of ether oxygens (including phenoxy) is 1. The van der Waals surface area contributed by atoms with Gasteiger partial charge in [0.1, 0.15) is 6.04 Å². The first-order valence-electron chi connectivity index (χ1n) is 8.54. The number of amides is 3. The Bertz CT molecular complexity index is 914. The highest BCUT2D eigenvalue weighted by atomic mass is 19.1. The molecule has 0 saturated carbocycles. The Hall–Kier alpha value is -3.42. The average molecular weight is 387 g/mol. The van der Waals surface area contributed by atoms with Crippen LogP contribution < -0.4 is 20.7 Å². The monoisotopic (exact) mass is 387 g/mol. The van der Waals surface area contributed by atoms with E-state index in [0.717, 1.165) is 5.56 Å². The molecule has 1 atom stereocenters. The Labute approximate surface area is 162 Å². The van der Waals surface area contributed by atoms with E-state index in [4.69, 9.17) is 4.74 Å². The smallest absolute Gasteiger partial charge is 0.255 e. The van der Waals surface area contributed by atoms with Gasteiger partial charge in [-0.1, -0.05) is 6.07 Å². The molecule has 0 fully saturated rings. The summed E-state index contributed by atoms with van der Waals surface area (Å²) < 4.78 is 18.4. The minimum absolute atomic E-state index is 0.0154. The minimum Gasteiger partial charge on any atom is -0.494 e. The molecule has 0 spiro atoms. The van der Waals surface area contributed by atoms with Gasteiger partial charge in [-0.25, -0.2) is 4.39 Å². The molecule has 148 valence electrons. The fourth-order valence-corrected chi connectivity index (χ4v) is 2.45. The van der Waals surface area contributed by atoms with Gasteiger partial charge >= 0.3 is 0 Å². The van der Waals surface area contributed by atoms with Crippen LogP contribution in [-0.2, 0) is 9.59 Å². The summed E-state index contributed by atoms with van der Waals surface area (Å²) in [5, 5.41) is 7.85. The van der Waals surface area contributed by atoms with Crippen LogP contribution in [0.3, 0.4) is 0 Å². The summed E-state index contributed by atoms with van der Waals surface area (Å²) in [5.41, 5.74) is 1.87. The van der Waals surface area contributed by atoms with Crippen molar-refractivity contribution in [1.29, 1.82) is 0 Å². The fourth-order valence-electron chi connectivity index (χ4n) is 2.45. The molecule has 2 aromatic rings. The van der Waals surface area contributed by atoms with Crippen LogP contribution in [0.4, 0.5) is 15.8 Å². The molecule has 0 bridgehead atoms. The lowest BCUT2D eigenvalue weighted by Crippen LogP contribution is -2.40. The van der Waals surface area contributed by atoms with E-state index in [1.165, 1.54) is 38.3 Å². The molecule has 3 N–H and O–H groups in total. The molecule has 8 heteroatoms. The molecule has 0 aromatic heterocycles. The number of halogens is 1. The van der Waals surface area contributed by atoms with E-state index >= 15 is 0 Å². The molecular weight excluding hydrogens is 365 g/mol. The van der Waals surface area contributed by atoms with Gasteiger partial charge in [-0.3, -0.25) is 14.4 Å². The van der Waals surface area contributed by atoms with Crippen LogP contribution in [-0.4, -0.2) is 30.9 Å². The van der Waals surface area contributed by atoms with E-state index in [-0.39, 0.29) is 11.7 Å². The van der Waals surface area contributed by atoms with E-state index in [1.807, 2.05) is 0 Å². The molecule has 2 aromatic carbocycles. The van der Waals surface area contributed by atoms with Crippen molar-refractivity contribution in [3.63, 3.8) is 0 Å². The number of aryl methyl sites for hydroxylation is 1. The molecule has 0 saturated heterocycles. The lowest BCUT2D eigenvalue weighted by atomic mass is 10.1. The molecular formula is C20H22FN3O4. The topological polar surface area (TPSA) is 96.5 Å². The number of nitrogens with one attached hydrogen (secondary N) is 3.